The molecule has 1 rings (SSSR count). The minimum absolute atomic E-state index is 0.117. The first-order valence-electron chi connectivity index (χ1n) is 4.48. The van der Waals surface area contributed by atoms with E-state index in [4.69, 9.17) is 10.8 Å². The van der Waals surface area contributed by atoms with Gasteiger partial charge in [0.2, 0.25) is 0 Å². The Morgan fingerprint density at radius 2 is 2.06 bits per heavy atom. The predicted octanol–water partition coefficient (Wildman–Crippen LogP) is 1.56. The highest BCUT2D eigenvalue weighted by molar-refractivity contribution is 5.76. The van der Waals surface area contributed by atoms with E-state index in [2.05, 4.69) is 0 Å². The molecule has 0 amide bonds. The molecule has 1 atom stereocenters. The number of hydrogen-bond acceptors (Lipinski definition) is 2. The quantitative estimate of drug-likeness (QED) is 0.829. The summed E-state index contributed by atoms with van der Waals surface area (Å²) < 4.78 is 38.6. The number of carbonyl (C=O) groups is 1. The second-order valence-electron chi connectivity index (χ2n) is 3.24. The first-order valence-corrected chi connectivity index (χ1v) is 4.48. The van der Waals surface area contributed by atoms with E-state index in [0.29, 0.717) is 6.07 Å². The monoisotopic (exact) mass is 233 g/mol. The topological polar surface area (TPSA) is 63.3 Å². The van der Waals surface area contributed by atoms with Gasteiger partial charge in [0.15, 0.2) is 11.6 Å². The summed E-state index contributed by atoms with van der Waals surface area (Å²) in [6, 6.07) is 1.67. The molecule has 0 aromatic heterocycles. The lowest BCUT2D eigenvalue weighted by Crippen LogP contribution is -2.22. The van der Waals surface area contributed by atoms with Crippen LogP contribution in [0.15, 0.2) is 12.1 Å². The molecule has 6 heteroatoms. The van der Waals surface area contributed by atoms with E-state index in [1.165, 1.54) is 0 Å². The summed E-state index contributed by atoms with van der Waals surface area (Å²) in [5.41, 5.74) is 4.61. The predicted molar refractivity (Wildman–Crippen MR) is 50.6 cm³/mol. The van der Waals surface area contributed by atoms with Crippen LogP contribution in [0.2, 0.25) is 0 Å². The highest BCUT2D eigenvalue weighted by Crippen LogP contribution is 2.23. The number of alkyl halides is 1. The molecule has 1 unspecified atom stereocenters. The standard InChI is InChI=1S/C10H10F3NO2/c11-3-5-1-6(7(4-14)10(15)16)9(13)8(12)2-5/h1-2,7H,3-4,14H2,(H,15,16). The molecule has 88 valence electrons. The molecule has 16 heavy (non-hydrogen) atoms. The molecule has 0 radical (unpaired) electrons. The number of carboxylic acids is 1. The summed E-state index contributed by atoms with van der Waals surface area (Å²) >= 11 is 0. The Labute approximate surface area is 89.7 Å². The van der Waals surface area contributed by atoms with Crippen LogP contribution >= 0.6 is 0 Å². The number of benzene rings is 1. The van der Waals surface area contributed by atoms with Crippen LogP contribution in [0.3, 0.4) is 0 Å². The molecule has 3 nitrogen and oxygen atoms in total. The van der Waals surface area contributed by atoms with E-state index >= 15 is 0 Å². The summed E-state index contributed by atoms with van der Waals surface area (Å²) in [6.07, 6.45) is 0. The normalized spacial score (nSPS) is 12.5. The van der Waals surface area contributed by atoms with Crippen molar-refractivity contribution in [3.63, 3.8) is 0 Å². The van der Waals surface area contributed by atoms with Gasteiger partial charge in [-0.3, -0.25) is 4.79 Å². The first-order chi connectivity index (χ1) is 7.51. The first kappa shape index (κ1) is 12.5. The minimum Gasteiger partial charge on any atom is -0.481 e. The van der Waals surface area contributed by atoms with Gasteiger partial charge >= 0.3 is 5.97 Å². The SMILES string of the molecule is NCC(C(=O)O)c1cc(CF)cc(F)c1F. The average molecular weight is 233 g/mol. The number of rotatable bonds is 4. The molecule has 0 aliphatic rings. The van der Waals surface area contributed by atoms with Crippen molar-refractivity contribution < 1.29 is 23.1 Å². The Morgan fingerprint density at radius 1 is 1.44 bits per heavy atom. The van der Waals surface area contributed by atoms with Gasteiger partial charge in [0, 0.05) is 12.1 Å². The zero-order chi connectivity index (χ0) is 12.3. The van der Waals surface area contributed by atoms with Crippen LogP contribution in [-0.2, 0) is 11.5 Å². The van der Waals surface area contributed by atoms with Crippen molar-refractivity contribution in [3.8, 4) is 0 Å². The van der Waals surface area contributed by atoms with E-state index in [1.54, 1.807) is 0 Å². The van der Waals surface area contributed by atoms with Gasteiger partial charge < -0.3 is 10.8 Å². The van der Waals surface area contributed by atoms with Crippen LogP contribution < -0.4 is 5.73 Å². The minimum atomic E-state index is -1.38. The fraction of sp³-hybridized carbons (Fsp3) is 0.300. The summed E-state index contributed by atoms with van der Waals surface area (Å²) in [5, 5.41) is 8.74. The summed E-state index contributed by atoms with van der Waals surface area (Å²) in [6.45, 7) is -1.39. The number of carboxylic acid groups (broad SMARTS) is 1. The van der Waals surface area contributed by atoms with Crippen LogP contribution in [0, 0.1) is 11.6 Å². The van der Waals surface area contributed by atoms with Crippen LogP contribution in [0.4, 0.5) is 13.2 Å². The highest BCUT2D eigenvalue weighted by Gasteiger charge is 2.24. The van der Waals surface area contributed by atoms with Crippen molar-refractivity contribution >= 4 is 5.97 Å². The molecule has 0 aliphatic heterocycles. The Balaban J connectivity index is 3.30. The average Bonchev–Trinajstić information content (AvgIpc) is 2.24. The molecule has 0 aliphatic carbocycles. The van der Waals surface area contributed by atoms with Crippen molar-refractivity contribution in [1.29, 1.82) is 0 Å². The summed E-state index contributed by atoms with van der Waals surface area (Å²) in [4.78, 5) is 10.7. The fourth-order valence-electron chi connectivity index (χ4n) is 1.36. The Bertz CT molecular complexity index is 409. The van der Waals surface area contributed by atoms with Gasteiger partial charge in [0.05, 0.1) is 5.92 Å². The van der Waals surface area contributed by atoms with E-state index in [1.807, 2.05) is 0 Å². The number of aliphatic carboxylic acids is 1. The lowest BCUT2D eigenvalue weighted by molar-refractivity contribution is -0.138. The molecular formula is C10H10F3NO2. The van der Waals surface area contributed by atoms with Crippen molar-refractivity contribution in [3.05, 3.63) is 34.9 Å². The van der Waals surface area contributed by atoms with Gasteiger partial charge in [-0.25, -0.2) is 13.2 Å². The highest BCUT2D eigenvalue weighted by atomic mass is 19.2. The van der Waals surface area contributed by atoms with Gasteiger partial charge in [0.25, 0.3) is 0 Å². The second kappa shape index (κ2) is 4.98. The number of hydrogen-bond donors (Lipinski definition) is 2. The molecule has 0 saturated heterocycles. The van der Waals surface area contributed by atoms with Gasteiger partial charge in [-0.2, -0.15) is 0 Å². The Morgan fingerprint density at radius 3 is 2.50 bits per heavy atom. The maximum Gasteiger partial charge on any atom is 0.312 e. The van der Waals surface area contributed by atoms with Crippen molar-refractivity contribution in [2.75, 3.05) is 6.54 Å². The third-order valence-corrected chi connectivity index (χ3v) is 2.18. The summed E-state index contributed by atoms with van der Waals surface area (Å²) in [5.74, 6) is -5.32. The maximum absolute atomic E-state index is 13.3. The number of nitrogens with two attached hydrogens (primary N) is 1. The molecule has 0 saturated carbocycles. The largest absolute Gasteiger partial charge is 0.481 e. The maximum atomic E-state index is 13.3. The van der Waals surface area contributed by atoms with Gasteiger partial charge in [-0.1, -0.05) is 0 Å². The molecule has 0 heterocycles. The van der Waals surface area contributed by atoms with Gasteiger partial charge in [0.1, 0.15) is 6.67 Å². The third-order valence-electron chi connectivity index (χ3n) is 2.18. The molecule has 3 N–H and O–H groups in total. The second-order valence-corrected chi connectivity index (χ2v) is 3.24. The molecule has 0 spiro atoms. The Hall–Kier alpha value is -1.56. The van der Waals surface area contributed by atoms with Crippen LogP contribution in [0.25, 0.3) is 0 Å². The fourth-order valence-corrected chi connectivity index (χ4v) is 1.36. The van der Waals surface area contributed by atoms with Gasteiger partial charge in [-0.05, 0) is 17.7 Å². The molecular weight excluding hydrogens is 223 g/mol. The molecule has 0 bridgehead atoms. The van der Waals surface area contributed by atoms with E-state index in [0.717, 1.165) is 6.07 Å². The van der Waals surface area contributed by atoms with Crippen LogP contribution in [0.5, 0.6) is 0 Å². The number of halogens is 3. The Kier molecular flexibility index (Phi) is 3.89. The zero-order valence-corrected chi connectivity index (χ0v) is 8.21. The van der Waals surface area contributed by atoms with Crippen LogP contribution in [-0.4, -0.2) is 17.6 Å². The molecule has 1 aromatic rings. The van der Waals surface area contributed by atoms with E-state index in [9.17, 15) is 18.0 Å². The van der Waals surface area contributed by atoms with Gasteiger partial charge in [-0.15, -0.1) is 0 Å². The van der Waals surface area contributed by atoms with Crippen LogP contribution in [0.1, 0.15) is 17.0 Å². The third kappa shape index (κ3) is 2.33. The molecule has 0 fully saturated rings. The van der Waals surface area contributed by atoms with Crippen molar-refractivity contribution in [2.45, 2.75) is 12.6 Å². The smallest absolute Gasteiger partial charge is 0.312 e. The molecule has 1 aromatic carbocycles. The van der Waals surface area contributed by atoms with E-state index < -0.39 is 35.8 Å². The van der Waals surface area contributed by atoms with E-state index in [-0.39, 0.29) is 12.1 Å². The zero-order valence-electron chi connectivity index (χ0n) is 8.21. The summed E-state index contributed by atoms with van der Waals surface area (Å²) in [7, 11) is 0. The van der Waals surface area contributed by atoms with Crippen molar-refractivity contribution in [1.82, 2.24) is 0 Å². The lowest BCUT2D eigenvalue weighted by atomic mass is 9.96. The van der Waals surface area contributed by atoms with Crippen molar-refractivity contribution in [2.24, 2.45) is 5.73 Å². The lowest BCUT2D eigenvalue weighted by Gasteiger charge is -2.12.